The van der Waals surface area contributed by atoms with Crippen molar-refractivity contribution >= 4 is 18.2 Å². The van der Waals surface area contributed by atoms with Gasteiger partial charge in [-0.3, -0.25) is 4.79 Å². The van der Waals surface area contributed by atoms with Crippen molar-refractivity contribution in [2.75, 3.05) is 13.1 Å². The van der Waals surface area contributed by atoms with Gasteiger partial charge in [0.25, 0.3) is 0 Å². The third kappa shape index (κ3) is 3.30. The Balaban J connectivity index is 0.00000144. The van der Waals surface area contributed by atoms with Crippen molar-refractivity contribution in [3.05, 3.63) is 34.9 Å². The molecule has 0 aliphatic carbocycles. The number of carbonyl (C=O) groups excluding carboxylic acids is 1. The zero-order chi connectivity index (χ0) is 11.5. The van der Waals surface area contributed by atoms with Crippen LogP contribution in [0, 0.1) is 19.8 Å². The maximum absolute atomic E-state index is 12.2. The minimum absolute atomic E-state index is 0. The number of Topliss-reactive ketones (excluding diaryl/α,β-unsaturated/α-hetero) is 1. The van der Waals surface area contributed by atoms with E-state index in [0.29, 0.717) is 5.78 Å². The second-order valence-corrected chi connectivity index (χ2v) is 4.69. The molecule has 2 rings (SSSR count). The van der Waals surface area contributed by atoms with Crippen LogP contribution in [0.2, 0.25) is 0 Å². The van der Waals surface area contributed by atoms with Crippen LogP contribution < -0.4 is 5.32 Å². The van der Waals surface area contributed by atoms with Crippen molar-refractivity contribution in [2.24, 2.45) is 5.92 Å². The molecule has 1 N–H and O–H groups in total. The summed E-state index contributed by atoms with van der Waals surface area (Å²) in [5.74, 6) is 0.549. The molecule has 1 aliphatic rings. The molecule has 0 spiro atoms. The van der Waals surface area contributed by atoms with E-state index in [2.05, 4.69) is 19.2 Å². The van der Waals surface area contributed by atoms with Crippen molar-refractivity contribution in [3.8, 4) is 0 Å². The monoisotopic (exact) mass is 253 g/mol. The summed E-state index contributed by atoms with van der Waals surface area (Å²) in [6.45, 7) is 6.09. The lowest BCUT2D eigenvalue weighted by Gasteiger charge is -2.21. The molecular weight excluding hydrogens is 234 g/mol. The lowest BCUT2D eigenvalue weighted by Crippen LogP contribution is -2.31. The number of ketones is 1. The van der Waals surface area contributed by atoms with Gasteiger partial charge < -0.3 is 5.32 Å². The van der Waals surface area contributed by atoms with Gasteiger partial charge >= 0.3 is 0 Å². The van der Waals surface area contributed by atoms with Crippen LogP contribution in [-0.4, -0.2) is 18.9 Å². The van der Waals surface area contributed by atoms with Gasteiger partial charge in [-0.25, -0.2) is 0 Å². The first-order valence-corrected chi connectivity index (χ1v) is 6.00. The van der Waals surface area contributed by atoms with Crippen LogP contribution in [0.5, 0.6) is 0 Å². The number of carbonyl (C=O) groups is 1. The smallest absolute Gasteiger partial charge is 0.166 e. The summed E-state index contributed by atoms with van der Waals surface area (Å²) >= 11 is 0. The lowest BCUT2D eigenvalue weighted by molar-refractivity contribution is 0.0895. The number of hydrogen-bond acceptors (Lipinski definition) is 2. The Morgan fingerprint density at radius 1 is 1.18 bits per heavy atom. The van der Waals surface area contributed by atoms with Gasteiger partial charge in [-0.15, -0.1) is 12.4 Å². The molecule has 1 aliphatic heterocycles. The van der Waals surface area contributed by atoms with Gasteiger partial charge in [-0.05, 0) is 57.0 Å². The minimum atomic E-state index is 0. The van der Waals surface area contributed by atoms with Gasteiger partial charge in [0.1, 0.15) is 0 Å². The first-order valence-electron chi connectivity index (χ1n) is 6.00. The zero-order valence-corrected chi connectivity index (χ0v) is 11.3. The summed E-state index contributed by atoms with van der Waals surface area (Å²) in [4.78, 5) is 12.2. The fourth-order valence-corrected chi connectivity index (χ4v) is 2.21. The molecule has 0 aromatic heterocycles. The van der Waals surface area contributed by atoms with Crippen molar-refractivity contribution in [1.82, 2.24) is 5.32 Å². The Kier molecular flexibility index (Phi) is 5.16. The molecule has 0 unspecified atom stereocenters. The third-order valence-corrected chi connectivity index (χ3v) is 3.50. The van der Waals surface area contributed by atoms with Gasteiger partial charge in [-0.1, -0.05) is 12.1 Å². The summed E-state index contributed by atoms with van der Waals surface area (Å²) in [6, 6.07) is 6.04. The summed E-state index contributed by atoms with van der Waals surface area (Å²) < 4.78 is 0. The van der Waals surface area contributed by atoms with E-state index in [1.54, 1.807) is 0 Å². The molecule has 17 heavy (non-hydrogen) atoms. The Labute approximate surface area is 109 Å². The average Bonchev–Trinajstić information content (AvgIpc) is 2.33. The Bertz CT molecular complexity index is 397. The molecule has 0 amide bonds. The summed E-state index contributed by atoms with van der Waals surface area (Å²) in [7, 11) is 0. The number of piperidine rings is 1. The Morgan fingerprint density at radius 3 is 2.41 bits per heavy atom. The molecule has 1 aromatic rings. The van der Waals surface area contributed by atoms with Crippen LogP contribution in [0.25, 0.3) is 0 Å². The molecule has 3 heteroatoms. The lowest BCUT2D eigenvalue weighted by atomic mass is 9.89. The summed E-state index contributed by atoms with van der Waals surface area (Å²) in [6.07, 6.45) is 1.96. The van der Waals surface area contributed by atoms with Gasteiger partial charge in [-0.2, -0.15) is 0 Å². The Hall–Kier alpha value is -0.860. The molecule has 2 nitrogen and oxygen atoms in total. The fraction of sp³-hybridized carbons (Fsp3) is 0.500. The average molecular weight is 254 g/mol. The molecule has 1 saturated heterocycles. The van der Waals surface area contributed by atoms with Crippen molar-refractivity contribution < 1.29 is 4.79 Å². The molecule has 1 fully saturated rings. The Morgan fingerprint density at radius 2 is 1.82 bits per heavy atom. The SMILES string of the molecule is Cc1ccc(C(=O)C2CCNCC2)cc1C.Cl. The number of hydrogen-bond donors (Lipinski definition) is 1. The standard InChI is InChI=1S/C14H19NO.ClH/c1-10-3-4-13(9-11(10)2)14(16)12-5-7-15-8-6-12;/h3-4,9,12,15H,5-8H2,1-2H3;1H. The highest BCUT2D eigenvalue weighted by molar-refractivity contribution is 5.98. The highest BCUT2D eigenvalue weighted by Crippen LogP contribution is 2.19. The quantitative estimate of drug-likeness (QED) is 0.822. The van der Waals surface area contributed by atoms with Crippen LogP contribution in [-0.2, 0) is 0 Å². The highest BCUT2D eigenvalue weighted by Gasteiger charge is 2.22. The number of nitrogens with one attached hydrogen (secondary N) is 1. The molecule has 0 radical (unpaired) electrons. The van der Waals surface area contributed by atoms with Crippen molar-refractivity contribution in [2.45, 2.75) is 26.7 Å². The minimum Gasteiger partial charge on any atom is -0.317 e. The molecule has 0 bridgehead atoms. The molecule has 1 heterocycles. The van der Waals surface area contributed by atoms with Gasteiger partial charge in [0.15, 0.2) is 5.78 Å². The van der Waals surface area contributed by atoms with E-state index in [4.69, 9.17) is 0 Å². The number of benzene rings is 1. The normalized spacial score (nSPS) is 16.4. The third-order valence-electron chi connectivity index (χ3n) is 3.50. The zero-order valence-electron chi connectivity index (χ0n) is 10.5. The van der Waals surface area contributed by atoms with E-state index >= 15 is 0 Å². The molecular formula is C14H20ClNO. The van der Waals surface area contributed by atoms with E-state index < -0.39 is 0 Å². The van der Waals surface area contributed by atoms with Crippen LogP contribution in [0.4, 0.5) is 0 Å². The van der Waals surface area contributed by atoms with Crippen LogP contribution in [0.3, 0.4) is 0 Å². The molecule has 0 atom stereocenters. The first kappa shape index (κ1) is 14.2. The van der Waals surface area contributed by atoms with Crippen LogP contribution in [0.1, 0.15) is 34.3 Å². The molecule has 0 saturated carbocycles. The van der Waals surface area contributed by atoms with E-state index in [1.165, 1.54) is 11.1 Å². The predicted octanol–water partition coefficient (Wildman–Crippen LogP) is 2.91. The largest absolute Gasteiger partial charge is 0.317 e. The first-order chi connectivity index (χ1) is 7.68. The van der Waals surface area contributed by atoms with E-state index in [0.717, 1.165) is 31.5 Å². The van der Waals surface area contributed by atoms with Gasteiger partial charge in [0.2, 0.25) is 0 Å². The van der Waals surface area contributed by atoms with E-state index in [1.807, 2.05) is 18.2 Å². The number of rotatable bonds is 2. The second kappa shape index (κ2) is 6.18. The maximum Gasteiger partial charge on any atom is 0.166 e. The maximum atomic E-state index is 12.2. The van der Waals surface area contributed by atoms with E-state index in [-0.39, 0.29) is 18.3 Å². The molecule has 94 valence electrons. The number of halogens is 1. The summed E-state index contributed by atoms with van der Waals surface area (Å²) in [5, 5.41) is 3.29. The van der Waals surface area contributed by atoms with Crippen molar-refractivity contribution in [1.29, 1.82) is 0 Å². The fourth-order valence-electron chi connectivity index (χ4n) is 2.21. The van der Waals surface area contributed by atoms with Gasteiger partial charge in [0, 0.05) is 11.5 Å². The van der Waals surface area contributed by atoms with Crippen LogP contribution in [0.15, 0.2) is 18.2 Å². The molecule has 1 aromatic carbocycles. The topological polar surface area (TPSA) is 29.1 Å². The van der Waals surface area contributed by atoms with Gasteiger partial charge in [0.05, 0.1) is 0 Å². The van der Waals surface area contributed by atoms with E-state index in [9.17, 15) is 4.79 Å². The predicted molar refractivity (Wildman–Crippen MR) is 73.1 cm³/mol. The summed E-state index contributed by atoms with van der Waals surface area (Å²) in [5.41, 5.74) is 3.34. The highest BCUT2D eigenvalue weighted by atomic mass is 35.5. The number of aryl methyl sites for hydroxylation is 2. The second-order valence-electron chi connectivity index (χ2n) is 4.69. The van der Waals surface area contributed by atoms with Crippen molar-refractivity contribution in [3.63, 3.8) is 0 Å². The van der Waals surface area contributed by atoms with Crippen LogP contribution >= 0.6 is 12.4 Å².